The molecule has 0 saturated heterocycles. The van der Waals surface area contributed by atoms with E-state index in [-0.39, 0.29) is 0 Å². The van der Waals surface area contributed by atoms with Gasteiger partial charge in [0, 0.05) is 19.1 Å². The van der Waals surface area contributed by atoms with E-state index in [1.165, 1.54) is 5.69 Å². The molecule has 1 aromatic heterocycles. The van der Waals surface area contributed by atoms with Gasteiger partial charge >= 0.3 is 0 Å². The van der Waals surface area contributed by atoms with Crippen molar-refractivity contribution in [1.82, 2.24) is 14.7 Å². The lowest BCUT2D eigenvalue weighted by atomic mass is 10.3. The fourth-order valence-corrected chi connectivity index (χ4v) is 1.85. The predicted octanol–water partition coefficient (Wildman–Crippen LogP) is 2.81. The first-order chi connectivity index (χ1) is 6.97. The molecule has 1 heterocycles. The van der Waals surface area contributed by atoms with E-state index in [9.17, 15) is 0 Å². The molecule has 4 heteroatoms. The zero-order chi connectivity index (χ0) is 11.6. The van der Waals surface area contributed by atoms with Gasteiger partial charge in [0.05, 0.1) is 15.9 Å². The number of hydrogen-bond acceptors (Lipinski definition) is 2. The average molecular weight is 274 g/mol. The summed E-state index contributed by atoms with van der Waals surface area (Å²) in [6.45, 7) is 10.4. The lowest BCUT2D eigenvalue weighted by Gasteiger charge is -2.21. The van der Waals surface area contributed by atoms with Crippen molar-refractivity contribution in [2.24, 2.45) is 0 Å². The summed E-state index contributed by atoms with van der Waals surface area (Å²) in [5.41, 5.74) is 2.34. The molecule has 0 amide bonds. The maximum atomic E-state index is 4.48. The molecule has 1 rings (SSSR count). The Morgan fingerprint density at radius 3 is 2.53 bits per heavy atom. The molecule has 0 aliphatic rings. The Hall–Kier alpha value is -0.350. The first kappa shape index (κ1) is 12.7. The van der Waals surface area contributed by atoms with Crippen molar-refractivity contribution in [3.05, 3.63) is 15.9 Å². The number of rotatable bonds is 4. The Bertz CT molecular complexity index is 331. The monoisotopic (exact) mass is 273 g/mol. The molecule has 0 saturated carbocycles. The highest BCUT2D eigenvalue weighted by Gasteiger charge is 2.14. The molecule has 86 valence electrons. The van der Waals surface area contributed by atoms with E-state index in [1.807, 2.05) is 6.92 Å². The van der Waals surface area contributed by atoms with Gasteiger partial charge in [0.25, 0.3) is 0 Å². The lowest BCUT2D eigenvalue weighted by molar-refractivity contribution is 0.257. The van der Waals surface area contributed by atoms with Crippen molar-refractivity contribution in [2.75, 3.05) is 7.05 Å². The van der Waals surface area contributed by atoms with E-state index in [2.05, 4.69) is 58.4 Å². The molecule has 0 radical (unpaired) electrons. The molecule has 0 aliphatic heterocycles. The fourth-order valence-electron chi connectivity index (χ4n) is 1.44. The third-order valence-electron chi connectivity index (χ3n) is 2.73. The zero-order valence-electron chi connectivity index (χ0n) is 10.2. The zero-order valence-corrected chi connectivity index (χ0v) is 11.8. The second kappa shape index (κ2) is 5.12. The van der Waals surface area contributed by atoms with Crippen LogP contribution in [0.4, 0.5) is 0 Å². The summed E-state index contributed by atoms with van der Waals surface area (Å²) in [5.74, 6) is 0. The van der Waals surface area contributed by atoms with Crippen molar-refractivity contribution in [3.8, 4) is 0 Å². The summed E-state index contributed by atoms with van der Waals surface area (Å²) in [6, 6.07) is 0.553. The molecule has 0 bridgehead atoms. The summed E-state index contributed by atoms with van der Waals surface area (Å²) >= 11 is 3.61. The van der Waals surface area contributed by atoms with E-state index < -0.39 is 0 Å². The van der Waals surface area contributed by atoms with Crippen LogP contribution in [0.3, 0.4) is 0 Å². The maximum Gasteiger partial charge on any atom is 0.0739 e. The number of nitrogens with zero attached hydrogens (tertiary/aromatic N) is 3. The van der Waals surface area contributed by atoms with E-state index >= 15 is 0 Å². The lowest BCUT2D eigenvalue weighted by Crippen LogP contribution is -2.27. The number of aryl methyl sites for hydroxylation is 2. The van der Waals surface area contributed by atoms with Crippen LogP contribution in [-0.4, -0.2) is 27.8 Å². The average Bonchev–Trinajstić information content (AvgIpc) is 2.45. The van der Waals surface area contributed by atoms with Crippen LogP contribution < -0.4 is 0 Å². The van der Waals surface area contributed by atoms with E-state index in [0.717, 1.165) is 23.3 Å². The summed E-state index contributed by atoms with van der Waals surface area (Å²) in [5, 5.41) is 4.48. The van der Waals surface area contributed by atoms with Crippen LogP contribution in [0.25, 0.3) is 0 Å². The highest BCUT2D eigenvalue weighted by molar-refractivity contribution is 9.10. The minimum Gasteiger partial charge on any atom is -0.298 e. The van der Waals surface area contributed by atoms with Gasteiger partial charge < -0.3 is 0 Å². The predicted molar refractivity (Wildman–Crippen MR) is 66.9 cm³/mol. The molecular formula is C11H20BrN3. The molecule has 0 unspecified atom stereocenters. The van der Waals surface area contributed by atoms with Crippen molar-refractivity contribution < 1.29 is 0 Å². The largest absolute Gasteiger partial charge is 0.298 e. The van der Waals surface area contributed by atoms with Crippen LogP contribution >= 0.6 is 15.9 Å². The van der Waals surface area contributed by atoms with Gasteiger partial charge in [0.2, 0.25) is 0 Å². The van der Waals surface area contributed by atoms with Gasteiger partial charge in [0.15, 0.2) is 0 Å². The standard InChI is InChI=1S/C11H20BrN3/c1-6-15-10(7-14(5)8(2)3)11(12)9(4)13-15/h8H,6-7H2,1-5H3. The smallest absolute Gasteiger partial charge is 0.0739 e. The van der Waals surface area contributed by atoms with Gasteiger partial charge in [-0.3, -0.25) is 9.58 Å². The normalized spacial score (nSPS) is 11.7. The molecule has 3 nitrogen and oxygen atoms in total. The molecule has 0 aliphatic carbocycles. The van der Waals surface area contributed by atoms with Gasteiger partial charge in [0.1, 0.15) is 0 Å². The quantitative estimate of drug-likeness (QED) is 0.841. The second-order valence-corrected chi connectivity index (χ2v) is 4.96. The van der Waals surface area contributed by atoms with Crippen LogP contribution in [0.1, 0.15) is 32.2 Å². The number of aromatic nitrogens is 2. The van der Waals surface area contributed by atoms with Crippen LogP contribution in [-0.2, 0) is 13.1 Å². The highest BCUT2D eigenvalue weighted by Crippen LogP contribution is 2.22. The van der Waals surface area contributed by atoms with E-state index in [0.29, 0.717) is 6.04 Å². The Kier molecular flexibility index (Phi) is 4.34. The SMILES string of the molecule is CCn1nc(C)c(Br)c1CN(C)C(C)C. The summed E-state index contributed by atoms with van der Waals surface area (Å²) in [6.07, 6.45) is 0. The van der Waals surface area contributed by atoms with Crippen LogP contribution in [0, 0.1) is 6.92 Å². The molecule has 1 aromatic rings. The van der Waals surface area contributed by atoms with Crippen LogP contribution in [0.15, 0.2) is 4.47 Å². The third-order valence-corrected chi connectivity index (χ3v) is 3.77. The molecule has 0 aromatic carbocycles. The van der Waals surface area contributed by atoms with Crippen molar-refractivity contribution in [2.45, 2.75) is 46.8 Å². The molecule has 15 heavy (non-hydrogen) atoms. The topological polar surface area (TPSA) is 21.1 Å². The Morgan fingerprint density at radius 2 is 2.07 bits per heavy atom. The van der Waals surface area contributed by atoms with Crippen molar-refractivity contribution >= 4 is 15.9 Å². The van der Waals surface area contributed by atoms with Gasteiger partial charge in [-0.25, -0.2) is 0 Å². The maximum absolute atomic E-state index is 4.48. The molecule has 0 N–H and O–H groups in total. The minimum atomic E-state index is 0.553. The highest BCUT2D eigenvalue weighted by atomic mass is 79.9. The van der Waals surface area contributed by atoms with Gasteiger partial charge in [-0.1, -0.05) is 0 Å². The third kappa shape index (κ3) is 2.82. The van der Waals surface area contributed by atoms with Gasteiger partial charge in [-0.2, -0.15) is 5.10 Å². The molecule has 0 atom stereocenters. The summed E-state index contributed by atoms with van der Waals surface area (Å²) in [4.78, 5) is 2.31. The van der Waals surface area contributed by atoms with Gasteiger partial charge in [-0.05, 0) is 50.7 Å². The van der Waals surface area contributed by atoms with Crippen LogP contribution in [0.2, 0.25) is 0 Å². The Balaban J connectivity index is 2.92. The summed E-state index contributed by atoms with van der Waals surface area (Å²) in [7, 11) is 2.14. The van der Waals surface area contributed by atoms with E-state index in [4.69, 9.17) is 0 Å². The second-order valence-electron chi connectivity index (χ2n) is 4.17. The van der Waals surface area contributed by atoms with Crippen molar-refractivity contribution in [3.63, 3.8) is 0 Å². The fraction of sp³-hybridized carbons (Fsp3) is 0.727. The Morgan fingerprint density at radius 1 is 1.47 bits per heavy atom. The molecule has 0 spiro atoms. The molecule has 0 fully saturated rings. The Labute approximate surface area is 101 Å². The van der Waals surface area contributed by atoms with E-state index in [1.54, 1.807) is 0 Å². The van der Waals surface area contributed by atoms with Crippen molar-refractivity contribution in [1.29, 1.82) is 0 Å². The molecular weight excluding hydrogens is 254 g/mol. The van der Waals surface area contributed by atoms with Gasteiger partial charge in [-0.15, -0.1) is 0 Å². The number of hydrogen-bond donors (Lipinski definition) is 0. The van der Waals surface area contributed by atoms with Crippen LogP contribution in [0.5, 0.6) is 0 Å². The summed E-state index contributed by atoms with van der Waals surface area (Å²) < 4.78 is 3.22. The first-order valence-corrected chi connectivity index (χ1v) is 6.18. The number of halogens is 1. The minimum absolute atomic E-state index is 0.553. The first-order valence-electron chi connectivity index (χ1n) is 5.39.